The molecule has 1 heterocycles. The molecule has 132 valence electrons. The summed E-state index contributed by atoms with van der Waals surface area (Å²) < 4.78 is 5.64. The van der Waals surface area contributed by atoms with Gasteiger partial charge in [0.15, 0.2) is 0 Å². The van der Waals surface area contributed by atoms with Gasteiger partial charge in [0.25, 0.3) is 0 Å². The number of piperidine rings is 1. The maximum absolute atomic E-state index is 12.4. The third kappa shape index (κ3) is 5.53. The lowest BCUT2D eigenvalue weighted by molar-refractivity contribution is -0.123. The van der Waals surface area contributed by atoms with Crippen molar-refractivity contribution < 1.29 is 14.3 Å². The molecule has 0 aliphatic carbocycles. The molecule has 1 aromatic carbocycles. The SMILES string of the molecule is CCOc1ccccc1C(CC(=O)NC1CCCNC1)NC(C)=O. The highest BCUT2D eigenvalue weighted by Gasteiger charge is 2.22. The van der Waals surface area contributed by atoms with E-state index in [1.165, 1.54) is 6.92 Å². The van der Waals surface area contributed by atoms with Crippen molar-refractivity contribution >= 4 is 11.8 Å². The lowest BCUT2D eigenvalue weighted by atomic mass is 10.0. The quantitative estimate of drug-likeness (QED) is 0.707. The molecule has 1 aliphatic heterocycles. The average molecular weight is 333 g/mol. The fraction of sp³-hybridized carbons (Fsp3) is 0.556. The minimum atomic E-state index is -0.401. The average Bonchev–Trinajstić information content (AvgIpc) is 2.55. The van der Waals surface area contributed by atoms with Gasteiger partial charge in [0.05, 0.1) is 19.1 Å². The maximum atomic E-state index is 12.4. The summed E-state index contributed by atoms with van der Waals surface area (Å²) in [6.07, 6.45) is 2.24. The Morgan fingerprint density at radius 1 is 1.38 bits per heavy atom. The molecule has 6 heteroatoms. The Balaban J connectivity index is 2.07. The van der Waals surface area contributed by atoms with Crippen LogP contribution in [-0.4, -0.2) is 37.6 Å². The van der Waals surface area contributed by atoms with E-state index in [2.05, 4.69) is 16.0 Å². The Hall–Kier alpha value is -2.08. The molecule has 2 amide bonds. The van der Waals surface area contributed by atoms with Gasteiger partial charge in [0.1, 0.15) is 5.75 Å². The van der Waals surface area contributed by atoms with Crippen LogP contribution in [0.25, 0.3) is 0 Å². The molecule has 2 unspecified atom stereocenters. The number of benzene rings is 1. The summed E-state index contributed by atoms with van der Waals surface area (Å²) in [5, 5.41) is 9.20. The van der Waals surface area contributed by atoms with E-state index in [4.69, 9.17) is 4.74 Å². The molecule has 1 saturated heterocycles. The summed E-state index contributed by atoms with van der Waals surface area (Å²) in [5.41, 5.74) is 0.825. The van der Waals surface area contributed by atoms with Gasteiger partial charge in [-0.25, -0.2) is 0 Å². The normalized spacial score (nSPS) is 18.5. The fourth-order valence-electron chi connectivity index (χ4n) is 2.99. The van der Waals surface area contributed by atoms with Crippen LogP contribution >= 0.6 is 0 Å². The Morgan fingerprint density at radius 2 is 2.17 bits per heavy atom. The number of rotatable bonds is 7. The minimum Gasteiger partial charge on any atom is -0.494 e. The number of hydrogen-bond donors (Lipinski definition) is 3. The first-order valence-electron chi connectivity index (χ1n) is 8.59. The van der Waals surface area contributed by atoms with E-state index in [1.54, 1.807) is 0 Å². The zero-order chi connectivity index (χ0) is 17.4. The predicted octanol–water partition coefficient (Wildman–Crippen LogP) is 1.52. The van der Waals surface area contributed by atoms with Crippen LogP contribution < -0.4 is 20.7 Å². The zero-order valence-electron chi connectivity index (χ0n) is 14.4. The van der Waals surface area contributed by atoms with E-state index >= 15 is 0 Å². The lowest BCUT2D eigenvalue weighted by Crippen LogP contribution is -2.46. The summed E-state index contributed by atoms with van der Waals surface area (Å²) >= 11 is 0. The number of para-hydroxylation sites is 1. The van der Waals surface area contributed by atoms with E-state index in [0.717, 1.165) is 31.5 Å². The summed E-state index contributed by atoms with van der Waals surface area (Å²) in [6, 6.07) is 7.27. The topological polar surface area (TPSA) is 79.5 Å². The van der Waals surface area contributed by atoms with Crippen LogP contribution in [0.3, 0.4) is 0 Å². The van der Waals surface area contributed by atoms with Crippen molar-refractivity contribution in [1.29, 1.82) is 0 Å². The Bertz CT molecular complexity index is 556. The van der Waals surface area contributed by atoms with E-state index in [1.807, 2.05) is 31.2 Å². The summed E-state index contributed by atoms with van der Waals surface area (Å²) in [5.74, 6) is 0.470. The molecule has 0 radical (unpaired) electrons. The second-order valence-electron chi connectivity index (χ2n) is 6.04. The van der Waals surface area contributed by atoms with Gasteiger partial charge in [-0.1, -0.05) is 18.2 Å². The Morgan fingerprint density at radius 3 is 2.83 bits per heavy atom. The first-order chi connectivity index (χ1) is 11.6. The van der Waals surface area contributed by atoms with Gasteiger partial charge in [-0.3, -0.25) is 9.59 Å². The Kier molecular flexibility index (Phi) is 7.06. The largest absolute Gasteiger partial charge is 0.494 e. The molecule has 1 aromatic rings. The van der Waals surface area contributed by atoms with Gasteiger partial charge in [-0.15, -0.1) is 0 Å². The minimum absolute atomic E-state index is 0.0613. The summed E-state index contributed by atoms with van der Waals surface area (Å²) in [6.45, 7) is 5.70. The third-order valence-corrected chi connectivity index (χ3v) is 4.02. The van der Waals surface area contributed by atoms with Crippen LogP contribution in [0.15, 0.2) is 24.3 Å². The van der Waals surface area contributed by atoms with Crippen molar-refractivity contribution in [3.63, 3.8) is 0 Å². The van der Waals surface area contributed by atoms with Crippen molar-refractivity contribution in [1.82, 2.24) is 16.0 Å². The van der Waals surface area contributed by atoms with Crippen molar-refractivity contribution in [3.05, 3.63) is 29.8 Å². The first kappa shape index (κ1) is 18.3. The monoisotopic (exact) mass is 333 g/mol. The number of nitrogens with one attached hydrogen (secondary N) is 3. The van der Waals surface area contributed by atoms with Crippen LogP contribution in [-0.2, 0) is 9.59 Å². The van der Waals surface area contributed by atoms with E-state index in [0.29, 0.717) is 12.4 Å². The van der Waals surface area contributed by atoms with Gasteiger partial charge >= 0.3 is 0 Å². The molecule has 0 bridgehead atoms. The van der Waals surface area contributed by atoms with Gasteiger partial charge < -0.3 is 20.7 Å². The molecule has 0 aromatic heterocycles. The molecule has 0 spiro atoms. The number of ether oxygens (including phenoxy) is 1. The first-order valence-corrected chi connectivity index (χ1v) is 8.59. The number of amides is 2. The van der Waals surface area contributed by atoms with Gasteiger partial charge in [0, 0.05) is 25.1 Å². The molecular weight excluding hydrogens is 306 g/mol. The van der Waals surface area contributed by atoms with Crippen LogP contribution in [0.5, 0.6) is 5.75 Å². The summed E-state index contributed by atoms with van der Waals surface area (Å²) in [7, 11) is 0. The zero-order valence-corrected chi connectivity index (χ0v) is 14.4. The van der Waals surface area contributed by atoms with Crippen molar-refractivity contribution in [2.75, 3.05) is 19.7 Å². The van der Waals surface area contributed by atoms with Crippen LogP contribution in [0.4, 0.5) is 0 Å². The van der Waals surface area contributed by atoms with Crippen molar-refractivity contribution in [2.45, 2.75) is 45.2 Å². The van der Waals surface area contributed by atoms with Gasteiger partial charge in [-0.2, -0.15) is 0 Å². The summed E-state index contributed by atoms with van der Waals surface area (Å²) in [4.78, 5) is 24.0. The van der Waals surface area contributed by atoms with Crippen LogP contribution in [0.2, 0.25) is 0 Å². The Labute approximate surface area is 143 Å². The molecule has 2 atom stereocenters. The highest BCUT2D eigenvalue weighted by Crippen LogP contribution is 2.27. The van der Waals surface area contributed by atoms with E-state index in [9.17, 15) is 9.59 Å². The number of carbonyl (C=O) groups excluding carboxylic acids is 2. The van der Waals surface area contributed by atoms with E-state index < -0.39 is 6.04 Å². The molecule has 3 N–H and O–H groups in total. The van der Waals surface area contributed by atoms with Crippen LogP contribution in [0, 0.1) is 0 Å². The molecule has 6 nitrogen and oxygen atoms in total. The molecular formula is C18H27N3O3. The molecule has 24 heavy (non-hydrogen) atoms. The van der Waals surface area contributed by atoms with Crippen molar-refractivity contribution in [3.8, 4) is 5.75 Å². The molecule has 2 rings (SSSR count). The smallest absolute Gasteiger partial charge is 0.222 e. The highest BCUT2D eigenvalue weighted by atomic mass is 16.5. The highest BCUT2D eigenvalue weighted by molar-refractivity contribution is 5.79. The molecule has 0 saturated carbocycles. The standard InChI is InChI=1S/C18H27N3O3/c1-3-24-17-9-5-4-8-15(17)16(20-13(2)22)11-18(23)21-14-7-6-10-19-12-14/h4-5,8-9,14,16,19H,3,6-7,10-12H2,1-2H3,(H,20,22)(H,21,23). The van der Waals surface area contributed by atoms with Crippen molar-refractivity contribution in [2.24, 2.45) is 0 Å². The van der Waals surface area contributed by atoms with Gasteiger partial charge in [0.2, 0.25) is 11.8 Å². The van der Waals surface area contributed by atoms with Crippen LogP contribution in [0.1, 0.15) is 44.7 Å². The second kappa shape index (κ2) is 9.27. The second-order valence-corrected chi connectivity index (χ2v) is 6.04. The fourth-order valence-corrected chi connectivity index (χ4v) is 2.99. The molecule has 1 fully saturated rings. The number of hydrogen-bond acceptors (Lipinski definition) is 4. The number of carbonyl (C=O) groups is 2. The molecule has 1 aliphatic rings. The lowest BCUT2D eigenvalue weighted by Gasteiger charge is -2.26. The predicted molar refractivity (Wildman–Crippen MR) is 92.8 cm³/mol. The maximum Gasteiger partial charge on any atom is 0.222 e. The third-order valence-electron chi connectivity index (χ3n) is 4.02. The van der Waals surface area contributed by atoms with Gasteiger partial charge in [-0.05, 0) is 32.4 Å². The van der Waals surface area contributed by atoms with E-state index in [-0.39, 0.29) is 24.3 Å².